The summed E-state index contributed by atoms with van der Waals surface area (Å²) in [5, 5.41) is 19.0. The number of amides is 1. The van der Waals surface area contributed by atoms with Gasteiger partial charge in [-0.2, -0.15) is 0 Å². The van der Waals surface area contributed by atoms with Crippen molar-refractivity contribution in [3.05, 3.63) is 5.82 Å². The number of aromatic nitrogens is 4. The SMILES string of the molecule is CN(CC(=O)O)C(=O)Cc1nnnn1C. The van der Waals surface area contributed by atoms with E-state index in [1.165, 1.54) is 11.7 Å². The summed E-state index contributed by atoms with van der Waals surface area (Å²) in [6.07, 6.45) is -0.00667. The highest BCUT2D eigenvalue weighted by molar-refractivity contribution is 5.82. The van der Waals surface area contributed by atoms with E-state index in [-0.39, 0.29) is 18.9 Å². The fraction of sp³-hybridized carbons (Fsp3) is 0.571. The highest BCUT2D eigenvalue weighted by atomic mass is 16.4. The third-order valence-electron chi connectivity index (χ3n) is 1.82. The van der Waals surface area contributed by atoms with E-state index in [9.17, 15) is 9.59 Å². The lowest BCUT2D eigenvalue weighted by Gasteiger charge is -2.13. The molecule has 0 bridgehead atoms. The minimum atomic E-state index is -1.05. The molecule has 0 saturated carbocycles. The molecule has 15 heavy (non-hydrogen) atoms. The van der Waals surface area contributed by atoms with Crippen molar-refractivity contribution in [2.75, 3.05) is 13.6 Å². The van der Waals surface area contributed by atoms with Crippen LogP contribution in [0.4, 0.5) is 0 Å². The Bertz CT molecular complexity index is 374. The fourth-order valence-corrected chi connectivity index (χ4v) is 0.959. The Kier molecular flexibility index (Phi) is 3.32. The molecule has 0 aromatic carbocycles. The van der Waals surface area contributed by atoms with Crippen molar-refractivity contribution >= 4 is 11.9 Å². The molecule has 0 spiro atoms. The second-order valence-electron chi connectivity index (χ2n) is 3.04. The molecular formula is C7H11N5O3. The van der Waals surface area contributed by atoms with Crippen LogP contribution in [-0.4, -0.2) is 55.7 Å². The van der Waals surface area contributed by atoms with Crippen LogP contribution < -0.4 is 0 Å². The molecule has 1 aromatic heterocycles. The van der Waals surface area contributed by atoms with Crippen molar-refractivity contribution in [1.82, 2.24) is 25.1 Å². The monoisotopic (exact) mass is 213 g/mol. The van der Waals surface area contributed by atoms with Gasteiger partial charge in [0.2, 0.25) is 5.91 Å². The van der Waals surface area contributed by atoms with Crippen LogP contribution in [0.5, 0.6) is 0 Å². The summed E-state index contributed by atoms with van der Waals surface area (Å²) in [5.74, 6) is -0.991. The van der Waals surface area contributed by atoms with Crippen molar-refractivity contribution in [2.45, 2.75) is 6.42 Å². The van der Waals surface area contributed by atoms with E-state index in [4.69, 9.17) is 5.11 Å². The van der Waals surface area contributed by atoms with Gasteiger partial charge in [-0.3, -0.25) is 9.59 Å². The molecule has 8 heteroatoms. The minimum absolute atomic E-state index is 0.00667. The Labute approximate surface area is 85.5 Å². The number of carbonyl (C=O) groups is 2. The van der Waals surface area contributed by atoms with E-state index < -0.39 is 5.97 Å². The number of carboxylic acids is 1. The molecule has 0 aliphatic carbocycles. The predicted molar refractivity (Wildman–Crippen MR) is 47.8 cm³/mol. The lowest BCUT2D eigenvalue weighted by molar-refractivity contribution is -0.143. The second kappa shape index (κ2) is 4.49. The summed E-state index contributed by atoms with van der Waals surface area (Å²) in [6, 6.07) is 0. The van der Waals surface area contributed by atoms with Gasteiger partial charge in [-0.25, -0.2) is 4.68 Å². The summed E-state index contributed by atoms with van der Waals surface area (Å²) in [6.45, 7) is -0.329. The molecule has 0 unspecified atom stereocenters. The molecule has 0 aliphatic rings. The Morgan fingerprint density at radius 2 is 2.20 bits per heavy atom. The average molecular weight is 213 g/mol. The van der Waals surface area contributed by atoms with Crippen LogP contribution in [0, 0.1) is 0 Å². The highest BCUT2D eigenvalue weighted by Crippen LogP contribution is 1.95. The minimum Gasteiger partial charge on any atom is -0.480 e. The lowest BCUT2D eigenvalue weighted by Crippen LogP contribution is -2.33. The van der Waals surface area contributed by atoms with Gasteiger partial charge < -0.3 is 10.0 Å². The normalized spacial score (nSPS) is 10.0. The van der Waals surface area contributed by atoms with Crippen molar-refractivity contribution in [3.8, 4) is 0 Å². The van der Waals surface area contributed by atoms with Gasteiger partial charge in [0.25, 0.3) is 0 Å². The number of hydrogen-bond donors (Lipinski definition) is 1. The molecule has 1 aromatic rings. The number of likely N-dealkylation sites (N-methyl/N-ethyl adjacent to an activating group) is 1. The lowest BCUT2D eigenvalue weighted by atomic mass is 10.3. The number of tetrazole rings is 1. The standard InChI is InChI=1S/C7H11N5O3/c1-11(4-7(14)15)6(13)3-5-8-9-10-12(5)2/h3-4H2,1-2H3,(H,14,15). The Balaban J connectivity index is 2.56. The molecule has 1 rings (SSSR count). The summed E-state index contributed by atoms with van der Waals surface area (Å²) in [5.41, 5.74) is 0. The van der Waals surface area contributed by atoms with Crippen LogP contribution in [0.15, 0.2) is 0 Å². The van der Waals surface area contributed by atoms with Gasteiger partial charge in [0.05, 0.1) is 6.42 Å². The first-order valence-electron chi connectivity index (χ1n) is 4.17. The predicted octanol–water partition coefficient (Wildman–Crippen LogP) is -1.70. The first-order chi connectivity index (χ1) is 7.00. The first-order valence-corrected chi connectivity index (χ1v) is 4.17. The zero-order valence-corrected chi connectivity index (χ0v) is 8.41. The van der Waals surface area contributed by atoms with Crippen LogP contribution in [-0.2, 0) is 23.1 Å². The first kappa shape index (κ1) is 11.1. The molecule has 0 atom stereocenters. The van der Waals surface area contributed by atoms with Crippen LogP contribution in [0.25, 0.3) is 0 Å². The number of nitrogens with zero attached hydrogens (tertiary/aromatic N) is 5. The molecule has 1 heterocycles. The van der Waals surface area contributed by atoms with E-state index in [2.05, 4.69) is 15.5 Å². The van der Waals surface area contributed by atoms with E-state index in [0.717, 1.165) is 4.90 Å². The summed E-state index contributed by atoms with van der Waals surface area (Å²) in [4.78, 5) is 22.9. The third kappa shape index (κ3) is 3.01. The van der Waals surface area contributed by atoms with Crippen molar-refractivity contribution < 1.29 is 14.7 Å². The number of aliphatic carboxylic acids is 1. The quantitative estimate of drug-likeness (QED) is 0.639. The van der Waals surface area contributed by atoms with Gasteiger partial charge in [0.15, 0.2) is 5.82 Å². The van der Waals surface area contributed by atoms with Crippen LogP contribution in [0.1, 0.15) is 5.82 Å². The molecule has 1 amide bonds. The van der Waals surface area contributed by atoms with E-state index >= 15 is 0 Å². The number of hydrogen-bond acceptors (Lipinski definition) is 5. The molecular weight excluding hydrogens is 202 g/mol. The summed E-state index contributed by atoms with van der Waals surface area (Å²) in [7, 11) is 3.03. The zero-order chi connectivity index (χ0) is 11.4. The van der Waals surface area contributed by atoms with Crippen molar-refractivity contribution in [2.24, 2.45) is 7.05 Å². The largest absolute Gasteiger partial charge is 0.480 e. The summed E-state index contributed by atoms with van der Waals surface area (Å²) >= 11 is 0. The molecule has 0 aliphatic heterocycles. The Hall–Kier alpha value is -1.99. The van der Waals surface area contributed by atoms with Crippen LogP contribution in [0.3, 0.4) is 0 Å². The second-order valence-corrected chi connectivity index (χ2v) is 3.04. The maximum absolute atomic E-state index is 11.5. The molecule has 1 N–H and O–H groups in total. The Morgan fingerprint density at radius 1 is 1.53 bits per heavy atom. The van der Waals surface area contributed by atoms with Gasteiger partial charge in [-0.05, 0) is 10.4 Å². The number of carboxylic acid groups (broad SMARTS) is 1. The molecule has 82 valence electrons. The molecule has 0 saturated heterocycles. The van der Waals surface area contributed by atoms with Gasteiger partial charge in [0, 0.05) is 14.1 Å². The van der Waals surface area contributed by atoms with Gasteiger partial charge in [-0.1, -0.05) is 0 Å². The fourth-order valence-electron chi connectivity index (χ4n) is 0.959. The van der Waals surface area contributed by atoms with E-state index in [0.29, 0.717) is 5.82 Å². The molecule has 0 fully saturated rings. The Morgan fingerprint density at radius 3 is 2.67 bits per heavy atom. The van der Waals surface area contributed by atoms with Crippen molar-refractivity contribution in [1.29, 1.82) is 0 Å². The topological polar surface area (TPSA) is 101 Å². The van der Waals surface area contributed by atoms with E-state index in [1.54, 1.807) is 7.05 Å². The van der Waals surface area contributed by atoms with Crippen molar-refractivity contribution in [3.63, 3.8) is 0 Å². The van der Waals surface area contributed by atoms with Gasteiger partial charge >= 0.3 is 5.97 Å². The van der Waals surface area contributed by atoms with E-state index in [1.807, 2.05) is 0 Å². The van der Waals surface area contributed by atoms with Gasteiger partial charge in [-0.15, -0.1) is 5.10 Å². The third-order valence-corrected chi connectivity index (χ3v) is 1.82. The number of carbonyl (C=O) groups excluding carboxylic acids is 1. The highest BCUT2D eigenvalue weighted by Gasteiger charge is 2.15. The zero-order valence-electron chi connectivity index (χ0n) is 8.41. The maximum atomic E-state index is 11.5. The number of aryl methyl sites for hydroxylation is 1. The molecule has 0 radical (unpaired) electrons. The molecule has 8 nitrogen and oxygen atoms in total. The average Bonchev–Trinajstić information content (AvgIpc) is 2.50. The smallest absolute Gasteiger partial charge is 0.323 e. The van der Waals surface area contributed by atoms with Crippen LogP contribution in [0.2, 0.25) is 0 Å². The number of rotatable bonds is 4. The van der Waals surface area contributed by atoms with Gasteiger partial charge in [0.1, 0.15) is 6.54 Å². The maximum Gasteiger partial charge on any atom is 0.323 e. The summed E-state index contributed by atoms with van der Waals surface area (Å²) < 4.78 is 1.37. The van der Waals surface area contributed by atoms with Crippen LogP contribution >= 0.6 is 0 Å².